The van der Waals surface area contributed by atoms with Crippen molar-refractivity contribution >= 4 is 22.6 Å². The average molecular weight is 433 g/mol. The maximum absolute atomic E-state index is 13.2. The molecule has 1 unspecified atom stereocenters. The summed E-state index contributed by atoms with van der Waals surface area (Å²) in [6, 6.07) is 16.5. The Hall–Kier alpha value is -3.12. The lowest BCUT2D eigenvalue weighted by molar-refractivity contribution is -0.150. The molecular formula is C26H28N2O4. The molecule has 2 aromatic carbocycles. The van der Waals surface area contributed by atoms with Gasteiger partial charge in [-0.1, -0.05) is 36.4 Å². The normalized spacial score (nSPS) is 20.8. The Morgan fingerprint density at radius 1 is 1.06 bits per heavy atom. The van der Waals surface area contributed by atoms with Gasteiger partial charge in [0.1, 0.15) is 0 Å². The van der Waals surface area contributed by atoms with Gasteiger partial charge < -0.3 is 14.1 Å². The van der Waals surface area contributed by atoms with E-state index in [1.807, 2.05) is 23.1 Å². The van der Waals surface area contributed by atoms with E-state index < -0.39 is 11.5 Å². The van der Waals surface area contributed by atoms with Crippen molar-refractivity contribution in [2.45, 2.75) is 37.9 Å². The van der Waals surface area contributed by atoms with E-state index >= 15 is 0 Å². The van der Waals surface area contributed by atoms with Crippen LogP contribution in [-0.4, -0.2) is 47.4 Å². The Kier molecular flexibility index (Phi) is 5.47. The van der Waals surface area contributed by atoms with Gasteiger partial charge in [-0.25, -0.2) is 0 Å². The zero-order chi connectivity index (χ0) is 22.1. The Labute approximate surface area is 187 Å². The maximum Gasteiger partial charge on any atom is 0.311 e. The number of rotatable bonds is 5. The number of benzene rings is 2. The summed E-state index contributed by atoms with van der Waals surface area (Å²) < 4.78 is 10.3. The minimum Gasteiger partial charge on any atom is -0.472 e. The second kappa shape index (κ2) is 8.43. The van der Waals surface area contributed by atoms with Gasteiger partial charge in [-0.2, -0.15) is 0 Å². The van der Waals surface area contributed by atoms with Gasteiger partial charge in [0, 0.05) is 38.2 Å². The van der Waals surface area contributed by atoms with Crippen LogP contribution in [0.1, 0.15) is 30.4 Å². The highest BCUT2D eigenvalue weighted by Gasteiger charge is 2.56. The summed E-state index contributed by atoms with van der Waals surface area (Å²) >= 11 is 0. The topological polar surface area (TPSA) is 63.0 Å². The number of hydrogen-bond donors (Lipinski definition) is 0. The quantitative estimate of drug-likeness (QED) is 0.571. The average Bonchev–Trinajstić information content (AvgIpc) is 3.42. The summed E-state index contributed by atoms with van der Waals surface area (Å²) in [6.07, 6.45) is 5.19. The molecule has 6 heteroatoms. The number of likely N-dealkylation sites (tertiary alicyclic amines) is 2. The first-order chi connectivity index (χ1) is 15.6. The fourth-order valence-corrected chi connectivity index (χ4v) is 5.48. The lowest BCUT2D eigenvalue weighted by Crippen LogP contribution is -2.57. The summed E-state index contributed by atoms with van der Waals surface area (Å²) in [5.74, 6) is -0.656. The largest absolute Gasteiger partial charge is 0.472 e. The summed E-state index contributed by atoms with van der Waals surface area (Å²) in [5, 5.41) is 2.34. The number of carbonyl (C=O) groups is 2. The van der Waals surface area contributed by atoms with Gasteiger partial charge in [0.2, 0.25) is 5.91 Å². The molecule has 6 nitrogen and oxygen atoms in total. The number of piperidine rings is 1. The molecule has 2 aliphatic heterocycles. The molecule has 0 bridgehead atoms. The highest BCUT2D eigenvalue weighted by Crippen LogP contribution is 2.45. The maximum atomic E-state index is 13.2. The van der Waals surface area contributed by atoms with E-state index in [9.17, 15) is 9.59 Å². The van der Waals surface area contributed by atoms with Gasteiger partial charge in [0.15, 0.2) is 0 Å². The highest BCUT2D eigenvalue weighted by atomic mass is 16.5. The first kappa shape index (κ1) is 20.8. The lowest BCUT2D eigenvalue weighted by Gasteiger charge is -2.47. The summed E-state index contributed by atoms with van der Waals surface area (Å²) in [4.78, 5) is 30.2. The molecule has 0 saturated carbocycles. The van der Waals surface area contributed by atoms with Crippen LogP contribution >= 0.6 is 0 Å². The van der Waals surface area contributed by atoms with Crippen LogP contribution < -0.4 is 0 Å². The molecule has 3 aromatic rings. The van der Waals surface area contributed by atoms with Gasteiger partial charge in [-0.15, -0.1) is 0 Å². The van der Waals surface area contributed by atoms with Crippen molar-refractivity contribution in [3.63, 3.8) is 0 Å². The predicted molar refractivity (Wildman–Crippen MR) is 121 cm³/mol. The fourth-order valence-electron chi connectivity index (χ4n) is 5.48. The molecule has 5 rings (SSSR count). The van der Waals surface area contributed by atoms with Crippen LogP contribution in [0.25, 0.3) is 10.8 Å². The molecule has 2 saturated heterocycles. The van der Waals surface area contributed by atoms with Crippen molar-refractivity contribution in [2.24, 2.45) is 5.92 Å². The van der Waals surface area contributed by atoms with E-state index in [4.69, 9.17) is 9.15 Å². The first-order valence-corrected chi connectivity index (χ1v) is 11.2. The Balaban J connectivity index is 1.41. The van der Waals surface area contributed by atoms with Crippen molar-refractivity contribution in [1.29, 1.82) is 0 Å². The molecule has 32 heavy (non-hydrogen) atoms. The van der Waals surface area contributed by atoms with Crippen molar-refractivity contribution in [3.05, 3.63) is 72.2 Å². The third-order valence-electron chi connectivity index (χ3n) is 7.21. The molecule has 1 atom stereocenters. The van der Waals surface area contributed by atoms with Gasteiger partial charge in [0.25, 0.3) is 0 Å². The van der Waals surface area contributed by atoms with Gasteiger partial charge in [-0.05, 0) is 41.3 Å². The first-order valence-electron chi connectivity index (χ1n) is 11.2. The SMILES string of the molecule is COC(=O)C1CC(=O)N(Cc2ccc3ccccc3c2)C12CCN(Cc1ccoc1)CC2. The van der Waals surface area contributed by atoms with E-state index in [0.29, 0.717) is 6.54 Å². The molecular weight excluding hydrogens is 404 g/mol. The van der Waals surface area contributed by atoms with E-state index in [-0.39, 0.29) is 18.3 Å². The van der Waals surface area contributed by atoms with Crippen molar-refractivity contribution in [3.8, 4) is 0 Å². The molecule has 0 aliphatic carbocycles. The summed E-state index contributed by atoms with van der Waals surface area (Å²) in [6.45, 7) is 2.97. The van der Waals surface area contributed by atoms with E-state index in [0.717, 1.165) is 49.0 Å². The number of methoxy groups -OCH3 is 1. The monoisotopic (exact) mass is 432 g/mol. The van der Waals surface area contributed by atoms with Gasteiger partial charge >= 0.3 is 5.97 Å². The molecule has 1 amide bonds. The fraction of sp³-hybridized carbons (Fsp3) is 0.385. The Morgan fingerprint density at radius 3 is 2.56 bits per heavy atom. The van der Waals surface area contributed by atoms with Gasteiger partial charge in [0.05, 0.1) is 31.1 Å². The van der Waals surface area contributed by atoms with Crippen LogP contribution in [-0.2, 0) is 27.4 Å². The van der Waals surface area contributed by atoms with Crippen LogP contribution in [0.5, 0.6) is 0 Å². The van der Waals surface area contributed by atoms with Crippen LogP contribution in [0.2, 0.25) is 0 Å². The smallest absolute Gasteiger partial charge is 0.311 e. The zero-order valence-electron chi connectivity index (χ0n) is 18.3. The second-order valence-electron chi connectivity index (χ2n) is 8.95. The standard InChI is InChI=1S/C26H28N2O4/c1-31-25(30)23-15-24(29)28(17-19-6-7-21-4-2-3-5-22(21)14-19)26(23)9-11-27(12-10-26)16-20-8-13-32-18-20/h2-8,13-14,18,23H,9-12,15-17H2,1H3. The lowest BCUT2D eigenvalue weighted by atomic mass is 9.76. The molecule has 166 valence electrons. The Morgan fingerprint density at radius 2 is 1.84 bits per heavy atom. The number of ether oxygens (including phenoxy) is 1. The van der Waals surface area contributed by atoms with Crippen LogP contribution in [0.4, 0.5) is 0 Å². The van der Waals surface area contributed by atoms with Crippen molar-refractivity contribution in [1.82, 2.24) is 9.80 Å². The highest BCUT2D eigenvalue weighted by molar-refractivity contribution is 5.89. The molecule has 3 heterocycles. The number of esters is 1. The third kappa shape index (κ3) is 3.69. The molecule has 2 aliphatic rings. The number of hydrogen-bond acceptors (Lipinski definition) is 5. The van der Waals surface area contributed by atoms with Crippen LogP contribution in [0.3, 0.4) is 0 Å². The molecule has 0 N–H and O–H groups in total. The van der Waals surface area contributed by atoms with Crippen LogP contribution in [0, 0.1) is 5.92 Å². The number of nitrogens with zero attached hydrogens (tertiary/aromatic N) is 2. The minimum absolute atomic E-state index is 0.0387. The minimum atomic E-state index is -0.497. The number of furan rings is 1. The van der Waals surface area contributed by atoms with E-state index in [1.54, 1.807) is 12.5 Å². The predicted octanol–water partition coefficient (Wildman–Crippen LogP) is 3.99. The van der Waals surface area contributed by atoms with Crippen molar-refractivity contribution in [2.75, 3.05) is 20.2 Å². The van der Waals surface area contributed by atoms with Crippen molar-refractivity contribution < 1.29 is 18.7 Å². The van der Waals surface area contributed by atoms with E-state index in [2.05, 4.69) is 35.2 Å². The van der Waals surface area contributed by atoms with Gasteiger partial charge in [-0.3, -0.25) is 14.5 Å². The zero-order valence-corrected chi connectivity index (χ0v) is 18.3. The number of carbonyl (C=O) groups excluding carboxylic acids is 2. The summed E-state index contributed by atoms with van der Waals surface area (Å²) in [7, 11) is 1.42. The summed E-state index contributed by atoms with van der Waals surface area (Å²) in [5.41, 5.74) is 1.73. The second-order valence-corrected chi connectivity index (χ2v) is 8.95. The molecule has 2 fully saturated rings. The molecule has 0 radical (unpaired) electrons. The number of fused-ring (bicyclic) bond motifs is 1. The molecule has 1 aromatic heterocycles. The molecule has 1 spiro atoms. The van der Waals surface area contributed by atoms with Crippen LogP contribution in [0.15, 0.2) is 65.5 Å². The van der Waals surface area contributed by atoms with E-state index in [1.165, 1.54) is 12.5 Å². The number of amides is 1. The third-order valence-corrected chi connectivity index (χ3v) is 7.21. The Bertz CT molecular complexity index is 1120.